The van der Waals surface area contributed by atoms with Crippen molar-refractivity contribution >= 4 is 5.65 Å². The second kappa shape index (κ2) is 5.72. The number of hydrogen-bond acceptors (Lipinski definition) is 3. The van der Waals surface area contributed by atoms with Crippen LogP contribution < -0.4 is 5.32 Å². The molecule has 0 aliphatic heterocycles. The van der Waals surface area contributed by atoms with Gasteiger partial charge >= 0.3 is 0 Å². The van der Waals surface area contributed by atoms with Crippen LogP contribution in [0.2, 0.25) is 0 Å². The third kappa shape index (κ3) is 2.58. The first kappa shape index (κ1) is 13.9. The molecule has 0 radical (unpaired) electrons. The molecule has 2 aromatic heterocycles. The predicted octanol–water partition coefficient (Wildman–Crippen LogP) is 3.10. The Morgan fingerprint density at radius 3 is 3.10 bits per heavy atom. The summed E-state index contributed by atoms with van der Waals surface area (Å²) in [6, 6.07) is 0. The first-order chi connectivity index (χ1) is 10.2. The lowest BCUT2D eigenvalue weighted by Crippen LogP contribution is -2.11. The molecule has 0 unspecified atom stereocenters. The number of hydrogen-bond donors (Lipinski definition) is 1. The summed E-state index contributed by atoms with van der Waals surface area (Å²) in [6.45, 7) is 6.96. The van der Waals surface area contributed by atoms with Gasteiger partial charge in [-0.1, -0.05) is 12.2 Å². The summed E-state index contributed by atoms with van der Waals surface area (Å²) in [7, 11) is 0. The van der Waals surface area contributed by atoms with Gasteiger partial charge in [-0.2, -0.15) is 5.10 Å². The minimum Gasteiger partial charge on any atom is -0.384 e. The summed E-state index contributed by atoms with van der Waals surface area (Å²) >= 11 is 0. The molecule has 0 saturated carbocycles. The molecule has 1 aliphatic rings. The Balaban J connectivity index is 1.89. The maximum Gasteiger partial charge on any atom is 0.160 e. The van der Waals surface area contributed by atoms with Crippen molar-refractivity contribution < 1.29 is 0 Å². The van der Waals surface area contributed by atoms with Crippen LogP contribution in [0.1, 0.15) is 42.8 Å². The summed E-state index contributed by atoms with van der Waals surface area (Å²) in [6.07, 6.45) is 11.5. The Kier molecular flexibility index (Phi) is 3.78. The summed E-state index contributed by atoms with van der Waals surface area (Å²) < 4.78 is 2.04. The molecule has 1 N–H and O–H groups in total. The minimum atomic E-state index is 0.759. The van der Waals surface area contributed by atoms with Crippen LogP contribution in [0.5, 0.6) is 0 Å². The van der Waals surface area contributed by atoms with Crippen molar-refractivity contribution in [2.75, 3.05) is 0 Å². The highest BCUT2D eigenvalue weighted by molar-refractivity contribution is 5.51. The van der Waals surface area contributed by atoms with Gasteiger partial charge in [0.05, 0.1) is 6.20 Å². The fourth-order valence-corrected chi connectivity index (χ4v) is 2.93. The molecule has 1 aliphatic carbocycles. The summed E-state index contributed by atoms with van der Waals surface area (Å²) in [5.74, 6) is 0. The Morgan fingerprint density at radius 1 is 1.43 bits per heavy atom. The van der Waals surface area contributed by atoms with Gasteiger partial charge in [0.2, 0.25) is 0 Å². The van der Waals surface area contributed by atoms with Crippen LogP contribution in [0, 0.1) is 6.92 Å². The van der Waals surface area contributed by atoms with Crippen LogP contribution >= 0.6 is 0 Å². The number of fused-ring (bicyclic) bond motifs is 3. The average Bonchev–Trinajstić information content (AvgIpc) is 3.09. The minimum absolute atomic E-state index is 0.759. The molecule has 0 saturated heterocycles. The maximum atomic E-state index is 4.77. The van der Waals surface area contributed by atoms with Crippen molar-refractivity contribution in [3.8, 4) is 0 Å². The Hall–Kier alpha value is -2.10. The topological polar surface area (TPSA) is 42.2 Å². The van der Waals surface area contributed by atoms with Crippen molar-refractivity contribution in [2.45, 2.75) is 46.6 Å². The van der Waals surface area contributed by atoms with E-state index in [1.807, 2.05) is 29.8 Å². The van der Waals surface area contributed by atoms with Gasteiger partial charge in [0, 0.05) is 29.2 Å². The molecule has 4 nitrogen and oxygen atoms in total. The van der Waals surface area contributed by atoms with E-state index >= 15 is 0 Å². The van der Waals surface area contributed by atoms with Gasteiger partial charge in [0.1, 0.15) is 0 Å². The van der Waals surface area contributed by atoms with Crippen molar-refractivity contribution in [1.29, 1.82) is 0 Å². The monoisotopic (exact) mass is 282 g/mol. The summed E-state index contributed by atoms with van der Waals surface area (Å²) in [5, 5.41) is 7.97. The highest BCUT2D eigenvalue weighted by Gasteiger charge is 2.20. The van der Waals surface area contributed by atoms with E-state index in [1.165, 1.54) is 17.7 Å². The Labute approximate surface area is 125 Å². The van der Waals surface area contributed by atoms with Gasteiger partial charge in [-0.25, -0.2) is 9.50 Å². The molecule has 0 spiro atoms. The molecule has 0 fully saturated rings. The number of aryl methyl sites for hydroxylation is 2. The maximum absolute atomic E-state index is 4.77. The SMILES string of the molecule is C/C=C/C=C(\C)NCc1cnn2c3c(c(C)nc12)CCC3. The van der Waals surface area contributed by atoms with Gasteiger partial charge in [-0.15, -0.1) is 0 Å². The van der Waals surface area contributed by atoms with E-state index in [0.29, 0.717) is 0 Å². The zero-order valence-electron chi connectivity index (χ0n) is 13.0. The van der Waals surface area contributed by atoms with Crippen LogP contribution in [-0.4, -0.2) is 14.6 Å². The first-order valence-electron chi connectivity index (χ1n) is 7.59. The fraction of sp³-hybridized carbons (Fsp3) is 0.412. The molecular formula is C17H22N4. The molecule has 110 valence electrons. The molecule has 2 heterocycles. The molecule has 2 aromatic rings. The number of nitrogens with one attached hydrogen (secondary N) is 1. The third-order valence-electron chi connectivity index (χ3n) is 4.07. The van der Waals surface area contributed by atoms with Gasteiger partial charge in [-0.3, -0.25) is 0 Å². The van der Waals surface area contributed by atoms with E-state index in [1.54, 1.807) is 0 Å². The van der Waals surface area contributed by atoms with E-state index in [2.05, 4.69) is 30.3 Å². The predicted molar refractivity (Wildman–Crippen MR) is 85.2 cm³/mol. The van der Waals surface area contributed by atoms with E-state index < -0.39 is 0 Å². The van der Waals surface area contributed by atoms with E-state index in [0.717, 1.165) is 42.0 Å². The van der Waals surface area contributed by atoms with Crippen LogP contribution in [0.4, 0.5) is 0 Å². The summed E-state index contributed by atoms with van der Waals surface area (Å²) in [5.41, 5.74) is 7.21. The highest BCUT2D eigenvalue weighted by atomic mass is 15.3. The van der Waals surface area contributed by atoms with Gasteiger partial charge in [0.25, 0.3) is 0 Å². The average molecular weight is 282 g/mol. The van der Waals surface area contributed by atoms with Crippen molar-refractivity contribution in [3.63, 3.8) is 0 Å². The Bertz CT molecular complexity index is 722. The van der Waals surface area contributed by atoms with Gasteiger partial charge in [0.15, 0.2) is 5.65 Å². The van der Waals surface area contributed by atoms with E-state index in [-0.39, 0.29) is 0 Å². The normalized spacial score (nSPS) is 15.1. The largest absolute Gasteiger partial charge is 0.384 e. The van der Waals surface area contributed by atoms with Crippen molar-refractivity contribution in [3.05, 3.63) is 52.6 Å². The molecule has 4 heteroatoms. The lowest BCUT2D eigenvalue weighted by Gasteiger charge is -2.08. The Morgan fingerprint density at radius 2 is 2.29 bits per heavy atom. The van der Waals surface area contributed by atoms with Crippen LogP contribution in [0.3, 0.4) is 0 Å². The van der Waals surface area contributed by atoms with Crippen LogP contribution in [-0.2, 0) is 19.4 Å². The lowest BCUT2D eigenvalue weighted by molar-refractivity contribution is 0.813. The zero-order chi connectivity index (χ0) is 14.8. The molecular weight excluding hydrogens is 260 g/mol. The van der Waals surface area contributed by atoms with E-state index in [4.69, 9.17) is 4.98 Å². The summed E-state index contributed by atoms with van der Waals surface area (Å²) in [4.78, 5) is 4.77. The smallest absolute Gasteiger partial charge is 0.160 e. The molecule has 0 bridgehead atoms. The lowest BCUT2D eigenvalue weighted by atomic mass is 10.2. The fourth-order valence-electron chi connectivity index (χ4n) is 2.93. The number of rotatable bonds is 4. The molecule has 0 amide bonds. The van der Waals surface area contributed by atoms with Crippen molar-refractivity contribution in [1.82, 2.24) is 19.9 Å². The van der Waals surface area contributed by atoms with Gasteiger partial charge < -0.3 is 5.32 Å². The zero-order valence-corrected chi connectivity index (χ0v) is 13.0. The second-order valence-electron chi connectivity index (χ2n) is 5.61. The van der Waals surface area contributed by atoms with Crippen LogP contribution in [0.25, 0.3) is 5.65 Å². The molecule has 0 atom stereocenters. The third-order valence-corrected chi connectivity index (χ3v) is 4.07. The molecule has 3 rings (SSSR count). The highest BCUT2D eigenvalue weighted by Crippen LogP contribution is 2.25. The van der Waals surface area contributed by atoms with Gasteiger partial charge in [-0.05, 0) is 51.7 Å². The first-order valence-corrected chi connectivity index (χ1v) is 7.59. The number of nitrogens with zero attached hydrogens (tertiary/aromatic N) is 3. The number of aromatic nitrogens is 3. The van der Waals surface area contributed by atoms with Crippen LogP contribution in [0.15, 0.2) is 30.1 Å². The molecule has 21 heavy (non-hydrogen) atoms. The standard InChI is InChI=1S/C17H22N4/c1-4-5-7-12(2)18-10-14-11-19-21-16-9-6-8-15(16)13(3)20-17(14)21/h4-5,7,11,18H,6,8-10H2,1-3H3/b5-4+,12-7+. The van der Waals surface area contributed by atoms with E-state index in [9.17, 15) is 0 Å². The molecule has 0 aromatic carbocycles. The second-order valence-corrected chi connectivity index (χ2v) is 5.61. The quantitative estimate of drug-likeness (QED) is 0.876. The number of allylic oxidation sites excluding steroid dienone is 4. The van der Waals surface area contributed by atoms with Crippen molar-refractivity contribution in [2.24, 2.45) is 0 Å².